The van der Waals surface area contributed by atoms with Crippen LogP contribution in [0.5, 0.6) is 0 Å². The topological polar surface area (TPSA) is 94.5 Å². The highest BCUT2D eigenvalue weighted by Crippen LogP contribution is 2.29. The molecule has 3 rings (SSSR count). The van der Waals surface area contributed by atoms with Crippen molar-refractivity contribution < 1.29 is 19.1 Å². The third kappa shape index (κ3) is 3.84. The molecule has 0 aliphatic carbocycles. The Balaban J connectivity index is 2.01. The van der Waals surface area contributed by atoms with Gasteiger partial charge in [0.05, 0.1) is 12.6 Å². The van der Waals surface area contributed by atoms with Crippen LogP contribution in [-0.2, 0) is 9.59 Å². The largest absolute Gasteiger partial charge is 0.457 e. The van der Waals surface area contributed by atoms with Crippen LogP contribution >= 0.6 is 15.9 Å². The number of hydrogen-bond acceptors (Lipinski definition) is 5. The Kier molecular flexibility index (Phi) is 5.63. The van der Waals surface area contributed by atoms with Crippen molar-refractivity contribution in [2.45, 2.75) is 20.0 Å². The van der Waals surface area contributed by atoms with Gasteiger partial charge in [0.25, 0.3) is 11.8 Å². The number of aliphatic hydroxyl groups excluding tert-OH is 1. The van der Waals surface area contributed by atoms with Crippen LogP contribution in [-0.4, -0.2) is 34.5 Å². The first-order valence-electron chi connectivity index (χ1n) is 8.55. The van der Waals surface area contributed by atoms with Crippen LogP contribution < -0.4 is 0 Å². The summed E-state index contributed by atoms with van der Waals surface area (Å²) in [4.78, 5) is 26.1. The lowest BCUT2D eigenvalue weighted by atomic mass is 9.94. The van der Waals surface area contributed by atoms with Gasteiger partial charge in [-0.1, -0.05) is 28.1 Å². The Morgan fingerprint density at radius 1 is 1.21 bits per heavy atom. The number of benzene rings is 1. The van der Waals surface area contributed by atoms with Gasteiger partial charge in [-0.2, -0.15) is 5.26 Å². The molecule has 1 unspecified atom stereocenters. The Hall–Kier alpha value is -2.95. The molecule has 0 saturated heterocycles. The molecular weight excluding hydrogens is 424 g/mol. The Morgan fingerprint density at radius 3 is 2.50 bits per heavy atom. The molecule has 142 valence electrons. The molecular formula is C21H17BrN2O4. The lowest BCUT2D eigenvalue weighted by molar-refractivity contribution is -0.141. The molecule has 1 aliphatic rings. The highest BCUT2D eigenvalue weighted by atomic mass is 79.9. The summed E-state index contributed by atoms with van der Waals surface area (Å²) >= 11 is 3.38. The molecule has 7 heteroatoms. The lowest BCUT2D eigenvalue weighted by Crippen LogP contribution is -2.45. The van der Waals surface area contributed by atoms with Gasteiger partial charge in [0, 0.05) is 15.6 Å². The maximum Gasteiger partial charge on any atom is 0.271 e. The van der Waals surface area contributed by atoms with Gasteiger partial charge in [-0.25, -0.2) is 0 Å². The average Bonchev–Trinajstić information content (AvgIpc) is 3.12. The van der Waals surface area contributed by atoms with E-state index in [1.807, 2.05) is 30.3 Å². The summed E-state index contributed by atoms with van der Waals surface area (Å²) in [7, 11) is 0. The van der Waals surface area contributed by atoms with Crippen LogP contribution in [0.1, 0.15) is 19.6 Å². The van der Waals surface area contributed by atoms with E-state index in [9.17, 15) is 20.0 Å². The molecule has 1 aliphatic heterocycles. The van der Waals surface area contributed by atoms with Crippen molar-refractivity contribution in [3.8, 4) is 17.4 Å². The van der Waals surface area contributed by atoms with Gasteiger partial charge in [-0.05, 0) is 49.8 Å². The van der Waals surface area contributed by atoms with Gasteiger partial charge in [0.2, 0.25) is 0 Å². The number of nitrogens with zero attached hydrogens (tertiary/aromatic N) is 2. The lowest BCUT2D eigenvalue weighted by Gasteiger charge is -2.28. The molecule has 1 N–H and O–H groups in total. The van der Waals surface area contributed by atoms with Gasteiger partial charge in [0.15, 0.2) is 0 Å². The second-order valence-electron chi connectivity index (χ2n) is 6.45. The van der Waals surface area contributed by atoms with E-state index in [1.165, 1.54) is 13.0 Å². The second kappa shape index (κ2) is 7.97. The molecule has 2 aromatic rings. The van der Waals surface area contributed by atoms with Gasteiger partial charge >= 0.3 is 0 Å². The summed E-state index contributed by atoms with van der Waals surface area (Å²) in [5.41, 5.74) is 1.24. The SMILES string of the molecule is CC1=C(C#N)C(=O)N(CC(C)O)C(=O)/C1=C\c1ccc(-c2ccc(Br)cc2)o1. The van der Waals surface area contributed by atoms with Crippen LogP contribution in [0.3, 0.4) is 0 Å². The van der Waals surface area contributed by atoms with Crippen molar-refractivity contribution in [3.63, 3.8) is 0 Å². The van der Waals surface area contributed by atoms with E-state index in [0.29, 0.717) is 17.1 Å². The highest BCUT2D eigenvalue weighted by Gasteiger charge is 2.36. The zero-order chi connectivity index (χ0) is 20.4. The van der Waals surface area contributed by atoms with Gasteiger partial charge < -0.3 is 9.52 Å². The van der Waals surface area contributed by atoms with E-state index in [1.54, 1.807) is 19.1 Å². The van der Waals surface area contributed by atoms with Crippen molar-refractivity contribution in [1.82, 2.24) is 4.90 Å². The number of amides is 2. The minimum Gasteiger partial charge on any atom is -0.457 e. The van der Waals surface area contributed by atoms with Gasteiger partial charge in [-0.15, -0.1) is 0 Å². The third-order valence-electron chi connectivity index (χ3n) is 4.31. The first-order chi connectivity index (χ1) is 13.3. The standard InChI is InChI=1S/C21H17BrN2O4/c1-12(25)11-24-20(26)17(13(2)18(10-23)21(24)27)9-16-7-8-19(28-16)14-3-5-15(22)6-4-14/h3-9,12,25H,11H2,1-2H3/b17-9-. The Labute approximate surface area is 170 Å². The quantitative estimate of drug-likeness (QED) is 0.577. The average molecular weight is 441 g/mol. The number of nitriles is 1. The molecule has 1 aromatic carbocycles. The van der Waals surface area contributed by atoms with Crippen molar-refractivity contribution in [3.05, 3.63) is 63.4 Å². The molecule has 6 nitrogen and oxygen atoms in total. The molecule has 28 heavy (non-hydrogen) atoms. The zero-order valence-corrected chi connectivity index (χ0v) is 16.9. The molecule has 0 fully saturated rings. The molecule has 1 atom stereocenters. The van der Waals surface area contributed by atoms with Crippen LogP contribution in [0.25, 0.3) is 17.4 Å². The summed E-state index contributed by atoms with van der Waals surface area (Å²) in [5.74, 6) is -0.215. The monoisotopic (exact) mass is 440 g/mol. The van der Waals surface area contributed by atoms with Gasteiger partial charge in [-0.3, -0.25) is 14.5 Å². The number of halogens is 1. The number of β-amino-alcohol motifs (C(OH)–C–C–N with tert-alkyl or cyclic N) is 1. The fraction of sp³-hybridized carbons (Fsp3) is 0.190. The summed E-state index contributed by atoms with van der Waals surface area (Å²) in [6, 6.07) is 12.9. The molecule has 0 spiro atoms. The predicted molar refractivity (Wildman–Crippen MR) is 107 cm³/mol. The van der Waals surface area contributed by atoms with E-state index in [4.69, 9.17) is 4.42 Å². The number of carbonyl (C=O) groups excluding carboxylic acids is 2. The number of hydrogen-bond donors (Lipinski definition) is 1. The summed E-state index contributed by atoms with van der Waals surface area (Å²) < 4.78 is 6.77. The van der Waals surface area contributed by atoms with E-state index < -0.39 is 17.9 Å². The first kappa shape index (κ1) is 19.8. The van der Waals surface area contributed by atoms with E-state index in [2.05, 4.69) is 15.9 Å². The predicted octanol–water partition coefficient (Wildman–Crippen LogP) is 3.68. The number of carbonyl (C=O) groups is 2. The fourth-order valence-electron chi connectivity index (χ4n) is 2.90. The van der Waals surface area contributed by atoms with Gasteiger partial charge in [0.1, 0.15) is 23.2 Å². The Morgan fingerprint density at radius 2 is 1.89 bits per heavy atom. The zero-order valence-electron chi connectivity index (χ0n) is 15.3. The minimum atomic E-state index is -0.903. The molecule has 1 aromatic heterocycles. The maximum absolute atomic E-state index is 12.8. The van der Waals surface area contributed by atoms with E-state index in [-0.39, 0.29) is 17.7 Å². The molecule has 2 heterocycles. The normalized spacial score (nSPS) is 17.2. The summed E-state index contributed by atoms with van der Waals surface area (Å²) in [6.45, 7) is 2.84. The smallest absolute Gasteiger partial charge is 0.271 e. The van der Waals surface area contributed by atoms with Crippen LogP contribution in [0.2, 0.25) is 0 Å². The molecule has 0 saturated carbocycles. The van der Waals surface area contributed by atoms with E-state index >= 15 is 0 Å². The summed E-state index contributed by atoms with van der Waals surface area (Å²) in [6.07, 6.45) is 0.610. The first-order valence-corrected chi connectivity index (χ1v) is 9.34. The summed E-state index contributed by atoms with van der Waals surface area (Å²) in [5, 5.41) is 18.9. The maximum atomic E-state index is 12.8. The number of furan rings is 1. The molecule has 2 amide bonds. The number of imide groups is 1. The number of aliphatic hydroxyl groups is 1. The fourth-order valence-corrected chi connectivity index (χ4v) is 3.17. The third-order valence-corrected chi connectivity index (χ3v) is 4.84. The molecule has 0 radical (unpaired) electrons. The van der Waals surface area contributed by atoms with Crippen molar-refractivity contribution in [1.29, 1.82) is 5.26 Å². The number of rotatable bonds is 4. The van der Waals surface area contributed by atoms with Crippen molar-refractivity contribution >= 4 is 33.8 Å². The van der Waals surface area contributed by atoms with Crippen LogP contribution in [0, 0.1) is 11.3 Å². The van der Waals surface area contributed by atoms with E-state index in [0.717, 1.165) is 14.9 Å². The highest BCUT2D eigenvalue weighted by molar-refractivity contribution is 9.10. The van der Waals surface area contributed by atoms with Crippen molar-refractivity contribution in [2.24, 2.45) is 0 Å². The van der Waals surface area contributed by atoms with Crippen LogP contribution in [0.4, 0.5) is 0 Å². The van der Waals surface area contributed by atoms with Crippen molar-refractivity contribution in [2.75, 3.05) is 6.54 Å². The van der Waals surface area contributed by atoms with Crippen LogP contribution in [0.15, 0.2) is 62.0 Å². The Bertz CT molecular complexity index is 1040. The minimum absolute atomic E-state index is 0.119. The second-order valence-corrected chi connectivity index (χ2v) is 7.36. The molecule has 0 bridgehead atoms.